The zero-order valence-corrected chi connectivity index (χ0v) is 26.3. The van der Waals surface area contributed by atoms with Crippen molar-refractivity contribution in [2.75, 3.05) is 0 Å². The van der Waals surface area contributed by atoms with Crippen LogP contribution in [0, 0.1) is 20.8 Å². The molecule has 0 aliphatic carbocycles. The van der Waals surface area contributed by atoms with Crippen molar-refractivity contribution in [2.24, 2.45) is 0 Å². The highest BCUT2D eigenvalue weighted by molar-refractivity contribution is 6.09. The summed E-state index contributed by atoms with van der Waals surface area (Å²) in [6.07, 6.45) is 6.30. The Labute approximate surface area is 266 Å². The second-order valence-electron chi connectivity index (χ2n) is 11.9. The summed E-state index contributed by atoms with van der Waals surface area (Å²) in [5.41, 5.74) is 9.80. The zero-order valence-electron chi connectivity index (χ0n) is 27.3. The van der Waals surface area contributed by atoms with Crippen molar-refractivity contribution in [1.82, 2.24) is 19.3 Å². The molecule has 0 saturated carbocycles. The van der Waals surface area contributed by atoms with Gasteiger partial charge in [0.1, 0.15) is 17.3 Å². The quantitative estimate of drug-likeness (QED) is 0.157. The van der Waals surface area contributed by atoms with E-state index < -0.39 is 0 Å². The Morgan fingerprint density at radius 1 is 0.778 bits per heavy atom. The standard InChI is InChI=1S/C40H38N4O/c1-5-6-8-13-30-23-32(44-29(4)40(28(3)42-44)31-14-9-7-10-15-31)25-34(24-30)45-33-18-19-36-35-16-11-12-17-37(35)43(38(36)26-33)39-22-27(2)20-21-41-39/h7,9-12,14-26H,5-6,8,13H2,1-4H3/i11D. The number of hydrogen-bond donors (Lipinski definition) is 0. The van der Waals surface area contributed by atoms with E-state index in [0.29, 0.717) is 6.04 Å². The van der Waals surface area contributed by atoms with Crippen molar-refractivity contribution >= 4 is 21.8 Å². The molecule has 0 radical (unpaired) electrons. The van der Waals surface area contributed by atoms with Gasteiger partial charge >= 0.3 is 0 Å². The smallest absolute Gasteiger partial charge is 0.137 e. The third-order valence-corrected chi connectivity index (χ3v) is 8.57. The second kappa shape index (κ2) is 12.1. The van der Waals surface area contributed by atoms with Crippen LogP contribution in [-0.2, 0) is 6.42 Å². The van der Waals surface area contributed by atoms with Gasteiger partial charge in [0.2, 0.25) is 0 Å². The maximum Gasteiger partial charge on any atom is 0.137 e. The first-order chi connectivity index (χ1) is 22.4. The summed E-state index contributed by atoms with van der Waals surface area (Å²) in [6, 6.07) is 33.5. The highest BCUT2D eigenvalue weighted by Gasteiger charge is 2.17. The number of benzene rings is 4. The number of aryl methyl sites for hydroxylation is 3. The van der Waals surface area contributed by atoms with Crippen LogP contribution in [0.2, 0.25) is 0 Å². The van der Waals surface area contributed by atoms with Gasteiger partial charge in [0, 0.05) is 40.4 Å². The van der Waals surface area contributed by atoms with Crippen LogP contribution >= 0.6 is 0 Å². The molecule has 7 rings (SSSR count). The predicted octanol–water partition coefficient (Wildman–Crippen LogP) is 10.5. The third-order valence-electron chi connectivity index (χ3n) is 8.57. The molecule has 0 saturated heterocycles. The second-order valence-corrected chi connectivity index (χ2v) is 11.9. The Kier molecular flexibility index (Phi) is 7.36. The van der Waals surface area contributed by atoms with Gasteiger partial charge in [0.15, 0.2) is 0 Å². The Morgan fingerprint density at radius 2 is 1.62 bits per heavy atom. The van der Waals surface area contributed by atoms with Crippen molar-refractivity contribution in [1.29, 1.82) is 0 Å². The monoisotopic (exact) mass is 591 g/mol. The van der Waals surface area contributed by atoms with Crippen molar-refractivity contribution in [3.05, 3.63) is 132 Å². The number of fused-ring (bicyclic) bond motifs is 3. The summed E-state index contributed by atoms with van der Waals surface area (Å²) in [5, 5.41) is 7.09. The molecule has 0 aliphatic heterocycles. The fourth-order valence-corrected chi connectivity index (χ4v) is 6.44. The molecule has 0 unspecified atom stereocenters. The Bertz CT molecular complexity index is 2200. The van der Waals surface area contributed by atoms with Crippen molar-refractivity contribution < 1.29 is 6.11 Å². The van der Waals surface area contributed by atoms with Crippen LogP contribution in [0.1, 0.15) is 50.1 Å². The van der Waals surface area contributed by atoms with Crippen LogP contribution in [0.4, 0.5) is 0 Å². The average Bonchev–Trinajstić information content (AvgIpc) is 3.53. The number of unbranched alkanes of at least 4 members (excludes halogenated alkanes) is 2. The van der Waals surface area contributed by atoms with Gasteiger partial charge in [-0.1, -0.05) is 68.3 Å². The lowest BCUT2D eigenvalue weighted by Gasteiger charge is -2.13. The van der Waals surface area contributed by atoms with Crippen LogP contribution < -0.4 is 4.74 Å². The van der Waals surface area contributed by atoms with E-state index in [9.17, 15) is 0 Å². The summed E-state index contributed by atoms with van der Waals surface area (Å²) in [5.74, 6) is 2.36. The van der Waals surface area contributed by atoms with E-state index in [1.165, 1.54) is 29.5 Å². The summed E-state index contributed by atoms with van der Waals surface area (Å²) in [6.45, 7) is 8.53. The minimum absolute atomic E-state index is 0.482. The maximum absolute atomic E-state index is 8.28. The average molecular weight is 592 g/mol. The highest BCUT2D eigenvalue weighted by atomic mass is 16.5. The molecule has 3 aromatic heterocycles. The van der Waals surface area contributed by atoms with Crippen molar-refractivity contribution in [3.8, 4) is 34.1 Å². The minimum Gasteiger partial charge on any atom is -0.457 e. The van der Waals surface area contributed by atoms with Gasteiger partial charge in [0.25, 0.3) is 0 Å². The Balaban J connectivity index is 1.33. The van der Waals surface area contributed by atoms with Gasteiger partial charge in [-0.2, -0.15) is 5.10 Å². The fourth-order valence-electron chi connectivity index (χ4n) is 6.44. The SMILES string of the molecule is [2H]c1ccc2c(c1)c1ccc(Oc3cc(CCCCC)cc(-n4nc(C)c(-c5ccccc5)c4C)c3)cc1n2-c1cc(C)ccn1. The normalized spacial score (nSPS) is 11.8. The summed E-state index contributed by atoms with van der Waals surface area (Å²) in [7, 11) is 0. The summed E-state index contributed by atoms with van der Waals surface area (Å²) >= 11 is 0. The number of pyridine rings is 1. The Hall–Kier alpha value is -5.16. The van der Waals surface area contributed by atoms with Crippen LogP contribution in [0.25, 0.3) is 44.4 Å². The van der Waals surface area contributed by atoms with Crippen molar-refractivity contribution in [3.63, 3.8) is 0 Å². The van der Waals surface area contributed by atoms with E-state index in [1.807, 2.05) is 42.6 Å². The molecular weight excluding hydrogens is 552 g/mol. The molecule has 3 heterocycles. The van der Waals surface area contributed by atoms with Crippen molar-refractivity contribution in [2.45, 2.75) is 53.4 Å². The number of para-hydroxylation sites is 1. The minimum atomic E-state index is 0.482. The van der Waals surface area contributed by atoms with Gasteiger partial charge in [-0.3, -0.25) is 4.57 Å². The topological polar surface area (TPSA) is 44.9 Å². The number of aromatic nitrogens is 4. The molecule has 0 bridgehead atoms. The lowest BCUT2D eigenvalue weighted by Crippen LogP contribution is -2.02. The maximum atomic E-state index is 8.28. The molecular formula is C40H38N4O. The molecule has 5 nitrogen and oxygen atoms in total. The van der Waals surface area contributed by atoms with E-state index in [0.717, 1.165) is 74.6 Å². The largest absolute Gasteiger partial charge is 0.457 e. The molecule has 45 heavy (non-hydrogen) atoms. The van der Waals surface area contributed by atoms with E-state index in [1.54, 1.807) is 0 Å². The molecule has 0 spiro atoms. The molecule has 5 heteroatoms. The molecule has 0 fully saturated rings. The molecule has 224 valence electrons. The Morgan fingerprint density at radius 3 is 2.44 bits per heavy atom. The van der Waals surface area contributed by atoms with Gasteiger partial charge in [-0.25, -0.2) is 9.67 Å². The van der Waals surface area contributed by atoms with Crippen LogP contribution in [0.15, 0.2) is 109 Å². The van der Waals surface area contributed by atoms with Crippen LogP contribution in [0.3, 0.4) is 0 Å². The van der Waals surface area contributed by atoms with E-state index in [2.05, 4.69) is 97.6 Å². The lowest BCUT2D eigenvalue weighted by molar-refractivity contribution is 0.482. The first kappa shape index (κ1) is 27.4. The molecule has 0 atom stereocenters. The van der Waals surface area contributed by atoms with E-state index in [-0.39, 0.29) is 0 Å². The summed E-state index contributed by atoms with van der Waals surface area (Å²) < 4.78 is 19.2. The zero-order chi connectivity index (χ0) is 31.8. The number of ether oxygens (including phenoxy) is 1. The van der Waals surface area contributed by atoms with Gasteiger partial charge in [0.05, 0.1) is 23.8 Å². The summed E-state index contributed by atoms with van der Waals surface area (Å²) in [4.78, 5) is 4.72. The lowest BCUT2D eigenvalue weighted by atomic mass is 10.0. The highest BCUT2D eigenvalue weighted by Crippen LogP contribution is 2.36. The van der Waals surface area contributed by atoms with E-state index >= 15 is 0 Å². The number of hydrogen-bond acceptors (Lipinski definition) is 3. The number of rotatable bonds is 9. The molecule has 0 aliphatic rings. The number of nitrogens with zero attached hydrogens (tertiary/aromatic N) is 4. The van der Waals surface area contributed by atoms with Gasteiger partial charge in [-0.15, -0.1) is 0 Å². The first-order valence-corrected chi connectivity index (χ1v) is 15.8. The molecule has 7 aromatic rings. The predicted molar refractivity (Wildman–Crippen MR) is 185 cm³/mol. The van der Waals surface area contributed by atoms with E-state index in [4.69, 9.17) is 16.2 Å². The first-order valence-electron chi connectivity index (χ1n) is 16.3. The molecule has 0 amide bonds. The molecule has 4 aromatic carbocycles. The van der Waals surface area contributed by atoms with Gasteiger partial charge < -0.3 is 4.74 Å². The third kappa shape index (κ3) is 5.51. The van der Waals surface area contributed by atoms with Gasteiger partial charge in [-0.05, 0) is 92.8 Å². The van der Waals surface area contributed by atoms with Crippen LogP contribution in [-0.4, -0.2) is 19.3 Å². The fraction of sp³-hybridized carbons (Fsp3) is 0.200. The van der Waals surface area contributed by atoms with Crippen LogP contribution in [0.5, 0.6) is 11.5 Å². The molecule has 0 N–H and O–H groups in total.